The minimum atomic E-state index is 0.286. The van der Waals surface area contributed by atoms with Gasteiger partial charge < -0.3 is 9.15 Å². The number of alkyl halides is 1. The van der Waals surface area contributed by atoms with Crippen LogP contribution in [0.4, 0.5) is 0 Å². The minimum absolute atomic E-state index is 0.286. The highest BCUT2D eigenvalue weighted by atomic mass is 79.9. The standard InChI is InChI=1S/C14H15BrO2/c1-10-7-12(9-17-10)14(15)8-11-3-5-13(16-2)6-4-11/h3-7,9,14H,8H2,1-2H3. The third kappa shape index (κ3) is 3.13. The van der Waals surface area contributed by atoms with Crippen molar-refractivity contribution in [1.29, 1.82) is 0 Å². The summed E-state index contributed by atoms with van der Waals surface area (Å²) in [4.78, 5) is 0.286. The maximum atomic E-state index is 5.31. The summed E-state index contributed by atoms with van der Waals surface area (Å²) in [6.45, 7) is 1.95. The molecule has 0 N–H and O–H groups in total. The van der Waals surface area contributed by atoms with E-state index in [4.69, 9.17) is 9.15 Å². The molecule has 2 aromatic rings. The Kier molecular flexibility index (Phi) is 3.89. The third-order valence-electron chi connectivity index (χ3n) is 2.69. The first-order chi connectivity index (χ1) is 8.19. The first-order valence-corrected chi connectivity index (χ1v) is 6.42. The molecule has 2 rings (SSSR count). The van der Waals surface area contributed by atoms with E-state index in [1.54, 1.807) is 13.4 Å². The molecule has 1 aromatic carbocycles. The molecule has 0 saturated heterocycles. The molecule has 1 unspecified atom stereocenters. The molecule has 90 valence electrons. The number of halogens is 1. The van der Waals surface area contributed by atoms with E-state index >= 15 is 0 Å². The van der Waals surface area contributed by atoms with Crippen molar-refractivity contribution in [2.45, 2.75) is 18.2 Å². The van der Waals surface area contributed by atoms with Gasteiger partial charge in [-0.3, -0.25) is 0 Å². The zero-order chi connectivity index (χ0) is 12.3. The van der Waals surface area contributed by atoms with E-state index in [2.05, 4.69) is 34.1 Å². The van der Waals surface area contributed by atoms with Gasteiger partial charge in [0.25, 0.3) is 0 Å². The van der Waals surface area contributed by atoms with Crippen LogP contribution in [0, 0.1) is 6.92 Å². The van der Waals surface area contributed by atoms with Crippen LogP contribution in [0.15, 0.2) is 41.0 Å². The fourth-order valence-corrected chi connectivity index (χ4v) is 2.33. The van der Waals surface area contributed by atoms with Crippen LogP contribution in [0.2, 0.25) is 0 Å². The Morgan fingerprint density at radius 2 is 2.00 bits per heavy atom. The Labute approximate surface area is 110 Å². The monoisotopic (exact) mass is 294 g/mol. The lowest BCUT2D eigenvalue weighted by atomic mass is 10.1. The number of aryl methyl sites for hydroxylation is 1. The van der Waals surface area contributed by atoms with Crippen LogP contribution < -0.4 is 4.74 Å². The van der Waals surface area contributed by atoms with E-state index in [-0.39, 0.29) is 4.83 Å². The second-order valence-corrected chi connectivity index (χ2v) is 5.12. The highest BCUT2D eigenvalue weighted by Gasteiger charge is 2.10. The largest absolute Gasteiger partial charge is 0.497 e. The Morgan fingerprint density at radius 3 is 2.53 bits per heavy atom. The number of rotatable bonds is 4. The van der Waals surface area contributed by atoms with Crippen molar-refractivity contribution in [2.75, 3.05) is 7.11 Å². The van der Waals surface area contributed by atoms with Gasteiger partial charge in [-0.05, 0) is 37.1 Å². The molecule has 0 saturated carbocycles. The molecule has 3 heteroatoms. The van der Waals surface area contributed by atoms with Crippen molar-refractivity contribution in [1.82, 2.24) is 0 Å². The van der Waals surface area contributed by atoms with Gasteiger partial charge in [-0.15, -0.1) is 0 Å². The summed E-state index contributed by atoms with van der Waals surface area (Å²) in [7, 11) is 1.68. The molecule has 0 radical (unpaired) electrons. The van der Waals surface area contributed by atoms with E-state index in [9.17, 15) is 0 Å². The van der Waals surface area contributed by atoms with E-state index in [0.717, 1.165) is 17.9 Å². The highest BCUT2D eigenvalue weighted by molar-refractivity contribution is 9.09. The lowest BCUT2D eigenvalue weighted by molar-refractivity contribution is 0.414. The lowest BCUT2D eigenvalue weighted by Gasteiger charge is -2.08. The molecule has 2 nitrogen and oxygen atoms in total. The van der Waals surface area contributed by atoms with Crippen molar-refractivity contribution in [3.05, 3.63) is 53.5 Å². The molecule has 1 atom stereocenters. The van der Waals surface area contributed by atoms with Gasteiger partial charge in [0.2, 0.25) is 0 Å². The van der Waals surface area contributed by atoms with Gasteiger partial charge in [-0.25, -0.2) is 0 Å². The second kappa shape index (κ2) is 5.41. The summed E-state index contributed by atoms with van der Waals surface area (Å²) in [5, 5.41) is 0. The van der Waals surface area contributed by atoms with Gasteiger partial charge in [0, 0.05) is 10.4 Å². The van der Waals surface area contributed by atoms with Crippen LogP contribution in [0.3, 0.4) is 0 Å². The van der Waals surface area contributed by atoms with Crippen LogP contribution in [0.1, 0.15) is 21.7 Å². The summed E-state index contributed by atoms with van der Waals surface area (Å²) in [5.74, 6) is 1.83. The quantitative estimate of drug-likeness (QED) is 0.786. The summed E-state index contributed by atoms with van der Waals surface area (Å²) in [6.07, 6.45) is 2.74. The molecule has 1 heterocycles. The molecule has 0 bridgehead atoms. The van der Waals surface area contributed by atoms with E-state index in [1.165, 1.54) is 11.1 Å². The number of hydrogen-bond donors (Lipinski definition) is 0. The lowest BCUT2D eigenvalue weighted by Crippen LogP contribution is -1.94. The van der Waals surface area contributed by atoms with Crippen molar-refractivity contribution in [2.24, 2.45) is 0 Å². The fourth-order valence-electron chi connectivity index (χ4n) is 1.71. The smallest absolute Gasteiger partial charge is 0.118 e. The molecule has 1 aromatic heterocycles. The number of furan rings is 1. The van der Waals surface area contributed by atoms with E-state index in [0.29, 0.717) is 0 Å². The van der Waals surface area contributed by atoms with Crippen LogP contribution in [-0.2, 0) is 6.42 Å². The SMILES string of the molecule is COc1ccc(CC(Br)c2coc(C)c2)cc1. The predicted molar refractivity (Wildman–Crippen MR) is 71.8 cm³/mol. The summed E-state index contributed by atoms with van der Waals surface area (Å²) < 4.78 is 10.4. The molecule has 0 aliphatic rings. The summed E-state index contributed by atoms with van der Waals surface area (Å²) in [5.41, 5.74) is 2.45. The second-order valence-electron chi connectivity index (χ2n) is 4.01. The Morgan fingerprint density at radius 1 is 1.29 bits per heavy atom. The Bertz CT molecular complexity index is 473. The van der Waals surface area contributed by atoms with Crippen LogP contribution in [0.5, 0.6) is 5.75 Å². The summed E-state index contributed by atoms with van der Waals surface area (Å²) >= 11 is 3.68. The zero-order valence-electron chi connectivity index (χ0n) is 9.94. The number of hydrogen-bond acceptors (Lipinski definition) is 2. The molecular weight excluding hydrogens is 280 g/mol. The van der Waals surface area contributed by atoms with Crippen molar-refractivity contribution < 1.29 is 9.15 Å². The van der Waals surface area contributed by atoms with Crippen LogP contribution >= 0.6 is 15.9 Å². The normalized spacial score (nSPS) is 12.4. The summed E-state index contributed by atoms with van der Waals surface area (Å²) in [6, 6.07) is 10.2. The van der Waals surface area contributed by atoms with Gasteiger partial charge in [-0.1, -0.05) is 28.1 Å². The molecule has 0 amide bonds. The minimum Gasteiger partial charge on any atom is -0.497 e. The first-order valence-electron chi connectivity index (χ1n) is 5.51. The van der Waals surface area contributed by atoms with Gasteiger partial charge in [0.1, 0.15) is 11.5 Å². The molecule has 0 aliphatic heterocycles. The number of ether oxygens (including phenoxy) is 1. The van der Waals surface area contributed by atoms with Crippen LogP contribution in [0.25, 0.3) is 0 Å². The maximum Gasteiger partial charge on any atom is 0.118 e. The molecule has 0 spiro atoms. The van der Waals surface area contributed by atoms with Gasteiger partial charge in [-0.2, -0.15) is 0 Å². The Hall–Kier alpha value is -1.22. The molecule has 0 aliphatic carbocycles. The third-order valence-corrected chi connectivity index (χ3v) is 3.54. The van der Waals surface area contributed by atoms with E-state index < -0.39 is 0 Å². The van der Waals surface area contributed by atoms with Gasteiger partial charge >= 0.3 is 0 Å². The van der Waals surface area contributed by atoms with E-state index in [1.807, 2.05) is 19.1 Å². The average Bonchev–Trinajstić information content (AvgIpc) is 2.77. The van der Waals surface area contributed by atoms with Gasteiger partial charge in [0.15, 0.2) is 0 Å². The molecule has 17 heavy (non-hydrogen) atoms. The number of benzene rings is 1. The molecule has 0 fully saturated rings. The van der Waals surface area contributed by atoms with Crippen molar-refractivity contribution in [3.8, 4) is 5.75 Å². The predicted octanol–water partition coefficient (Wildman–Crippen LogP) is 4.28. The van der Waals surface area contributed by atoms with Crippen molar-refractivity contribution >= 4 is 15.9 Å². The number of methoxy groups -OCH3 is 1. The Balaban J connectivity index is 2.04. The maximum absolute atomic E-state index is 5.31. The topological polar surface area (TPSA) is 22.4 Å². The average molecular weight is 295 g/mol. The van der Waals surface area contributed by atoms with Gasteiger partial charge in [0.05, 0.1) is 13.4 Å². The van der Waals surface area contributed by atoms with Crippen molar-refractivity contribution in [3.63, 3.8) is 0 Å². The fraction of sp³-hybridized carbons (Fsp3) is 0.286. The highest BCUT2D eigenvalue weighted by Crippen LogP contribution is 2.28. The molecular formula is C14H15BrO2. The van der Waals surface area contributed by atoms with Crippen LogP contribution in [-0.4, -0.2) is 7.11 Å². The zero-order valence-corrected chi connectivity index (χ0v) is 11.5. The first kappa shape index (κ1) is 12.2.